The molecular formula is C29H27NO2. The fraction of sp³-hybridized carbons (Fsp3) is 0.172. The summed E-state index contributed by atoms with van der Waals surface area (Å²) in [5.74, 6) is 0.291. The second-order valence-electron chi connectivity index (χ2n) is 8.32. The number of phenolic OH excluding ortho intramolecular Hbond substituents is 1. The van der Waals surface area contributed by atoms with Gasteiger partial charge in [0.15, 0.2) is 0 Å². The molecule has 1 unspecified atom stereocenters. The highest BCUT2D eigenvalue weighted by Crippen LogP contribution is 2.44. The Morgan fingerprint density at radius 1 is 0.688 bits per heavy atom. The molecule has 1 heterocycles. The predicted molar refractivity (Wildman–Crippen MR) is 127 cm³/mol. The van der Waals surface area contributed by atoms with Crippen LogP contribution in [0.2, 0.25) is 0 Å². The van der Waals surface area contributed by atoms with Gasteiger partial charge in [0.05, 0.1) is 11.6 Å². The molecule has 0 amide bonds. The van der Waals surface area contributed by atoms with Crippen LogP contribution in [0.15, 0.2) is 115 Å². The minimum absolute atomic E-state index is 0.0788. The smallest absolute Gasteiger partial charge is 0.115 e. The number of aromatic hydroxyl groups is 1. The molecule has 1 N–H and O–H groups in total. The van der Waals surface area contributed by atoms with Gasteiger partial charge in [0.25, 0.3) is 0 Å². The first-order chi connectivity index (χ1) is 15.8. The van der Waals surface area contributed by atoms with E-state index >= 15 is 0 Å². The summed E-state index contributed by atoms with van der Waals surface area (Å²) in [5.41, 5.74) is 4.40. The number of hydrogen-bond acceptors (Lipinski definition) is 3. The third-order valence-corrected chi connectivity index (χ3v) is 6.34. The van der Waals surface area contributed by atoms with E-state index in [1.54, 1.807) is 12.1 Å². The van der Waals surface area contributed by atoms with Gasteiger partial charge in [-0.25, -0.2) is 0 Å². The van der Waals surface area contributed by atoms with E-state index in [1.807, 2.05) is 12.1 Å². The van der Waals surface area contributed by atoms with Crippen LogP contribution in [0.25, 0.3) is 0 Å². The standard InChI is InChI=1S/C29H27NO2/c31-27-18-16-23(17-19-27)20-28-21-30(22-32-28)29(24-10-4-1-5-11-24,25-12-6-2-7-13-25)26-14-8-3-9-15-26/h1-19,28,31H,20-22H2. The molecule has 32 heavy (non-hydrogen) atoms. The SMILES string of the molecule is Oc1ccc(CC2CN(C(c3ccccc3)(c3ccccc3)c3ccccc3)CO2)cc1. The highest BCUT2D eigenvalue weighted by atomic mass is 16.5. The van der Waals surface area contributed by atoms with Crippen LogP contribution in [0.1, 0.15) is 22.3 Å². The zero-order valence-electron chi connectivity index (χ0n) is 18.0. The second-order valence-corrected chi connectivity index (χ2v) is 8.32. The summed E-state index contributed by atoms with van der Waals surface area (Å²) >= 11 is 0. The first-order valence-corrected chi connectivity index (χ1v) is 11.1. The number of benzene rings is 4. The van der Waals surface area contributed by atoms with Gasteiger partial charge in [-0.05, 0) is 40.8 Å². The maximum atomic E-state index is 9.60. The van der Waals surface area contributed by atoms with Crippen LogP contribution in [0.4, 0.5) is 0 Å². The lowest BCUT2D eigenvalue weighted by molar-refractivity contribution is 0.0668. The number of nitrogens with zero attached hydrogens (tertiary/aromatic N) is 1. The Morgan fingerprint density at radius 2 is 1.16 bits per heavy atom. The normalized spacial score (nSPS) is 16.8. The lowest BCUT2D eigenvalue weighted by Crippen LogP contribution is -2.47. The first kappa shape index (κ1) is 20.5. The zero-order valence-corrected chi connectivity index (χ0v) is 18.0. The van der Waals surface area contributed by atoms with E-state index in [0.29, 0.717) is 12.5 Å². The van der Waals surface area contributed by atoms with E-state index < -0.39 is 5.54 Å². The van der Waals surface area contributed by atoms with Crippen molar-refractivity contribution < 1.29 is 9.84 Å². The molecule has 0 radical (unpaired) electrons. The average molecular weight is 422 g/mol. The van der Waals surface area contributed by atoms with Crippen molar-refractivity contribution in [1.29, 1.82) is 0 Å². The minimum atomic E-state index is -0.451. The van der Waals surface area contributed by atoms with Crippen LogP contribution in [0, 0.1) is 0 Å². The number of rotatable bonds is 6. The Bertz CT molecular complexity index is 1030. The Hall–Kier alpha value is -3.40. The Balaban J connectivity index is 1.58. The third kappa shape index (κ3) is 3.81. The number of ether oxygens (including phenoxy) is 1. The van der Waals surface area contributed by atoms with Crippen LogP contribution in [0.5, 0.6) is 5.75 Å². The second kappa shape index (κ2) is 8.99. The van der Waals surface area contributed by atoms with Crippen molar-refractivity contribution >= 4 is 0 Å². The monoisotopic (exact) mass is 421 g/mol. The topological polar surface area (TPSA) is 32.7 Å². The van der Waals surface area contributed by atoms with Crippen molar-refractivity contribution in [1.82, 2.24) is 4.90 Å². The number of phenols is 1. The molecule has 1 fully saturated rings. The largest absolute Gasteiger partial charge is 0.508 e. The fourth-order valence-electron chi connectivity index (χ4n) is 4.88. The molecule has 0 aliphatic carbocycles. The van der Waals surface area contributed by atoms with Gasteiger partial charge in [-0.1, -0.05) is 103 Å². The molecule has 1 saturated heterocycles. The Morgan fingerprint density at radius 3 is 1.62 bits per heavy atom. The highest BCUT2D eigenvalue weighted by molar-refractivity contribution is 5.49. The molecule has 0 saturated carbocycles. The Kier molecular flexibility index (Phi) is 5.76. The zero-order chi connectivity index (χ0) is 21.8. The summed E-state index contributed by atoms with van der Waals surface area (Å²) in [5, 5.41) is 9.60. The van der Waals surface area contributed by atoms with Crippen molar-refractivity contribution in [2.75, 3.05) is 13.3 Å². The molecule has 1 atom stereocenters. The summed E-state index contributed by atoms with van der Waals surface area (Å²) in [7, 11) is 0. The van der Waals surface area contributed by atoms with Crippen molar-refractivity contribution in [3.63, 3.8) is 0 Å². The van der Waals surface area contributed by atoms with Gasteiger partial charge < -0.3 is 9.84 Å². The van der Waals surface area contributed by atoms with Crippen LogP contribution < -0.4 is 0 Å². The molecule has 0 aromatic heterocycles. The minimum Gasteiger partial charge on any atom is -0.508 e. The maximum absolute atomic E-state index is 9.60. The lowest BCUT2D eigenvalue weighted by Gasteiger charge is -2.43. The summed E-state index contributed by atoms with van der Waals surface area (Å²) < 4.78 is 6.33. The molecular weight excluding hydrogens is 394 g/mol. The van der Waals surface area contributed by atoms with E-state index in [9.17, 15) is 5.11 Å². The van der Waals surface area contributed by atoms with Gasteiger partial charge in [0.1, 0.15) is 12.5 Å². The van der Waals surface area contributed by atoms with Crippen LogP contribution in [0.3, 0.4) is 0 Å². The first-order valence-electron chi connectivity index (χ1n) is 11.1. The molecule has 5 rings (SSSR count). The highest BCUT2D eigenvalue weighted by Gasteiger charge is 2.45. The molecule has 160 valence electrons. The van der Waals surface area contributed by atoms with Crippen LogP contribution >= 0.6 is 0 Å². The van der Waals surface area contributed by atoms with E-state index in [2.05, 4.69) is 95.9 Å². The molecule has 1 aliphatic heterocycles. The van der Waals surface area contributed by atoms with Gasteiger partial charge in [-0.2, -0.15) is 0 Å². The van der Waals surface area contributed by atoms with E-state index in [-0.39, 0.29) is 6.10 Å². The Labute approximate surface area is 189 Å². The lowest BCUT2D eigenvalue weighted by atomic mass is 9.75. The van der Waals surface area contributed by atoms with Crippen molar-refractivity contribution in [3.05, 3.63) is 138 Å². The third-order valence-electron chi connectivity index (χ3n) is 6.34. The van der Waals surface area contributed by atoms with Gasteiger partial charge in [0.2, 0.25) is 0 Å². The summed E-state index contributed by atoms with van der Waals surface area (Å²) in [6, 6.07) is 39.6. The quantitative estimate of drug-likeness (QED) is 0.412. The van der Waals surface area contributed by atoms with Gasteiger partial charge in [-0.15, -0.1) is 0 Å². The van der Waals surface area contributed by atoms with Crippen LogP contribution in [-0.4, -0.2) is 29.4 Å². The molecule has 4 aromatic carbocycles. The molecule has 3 heteroatoms. The van der Waals surface area contributed by atoms with Gasteiger partial charge >= 0.3 is 0 Å². The van der Waals surface area contributed by atoms with E-state index in [4.69, 9.17) is 4.74 Å². The number of hydrogen-bond donors (Lipinski definition) is 1. The molecule has 3 nitrogen and oxygen atoms in total. The van der Waals surface area contributed by atoms with Crippen LogP contribution in [-0.2, 0) is 16.7 Å². The van der Waals surface area contributed by atoms with Gasteiger partial charge in [0, 0.05) is 6.54 Å². The summed E-state index contributed by atoms with van der Waals surface area (Å²) in [6.45, 7) is 1.35. The van der Waals surface area contributed by atoms with Crippen molar-refractivity contribution in [2.45, 2.75) is 18.1 Å². The van der Waals surface area contributed by atoms with Crippen molar-refractivity contribution in [3.8, 4) is 5.75 Å². The van der Waals surface area contributed by atoms with Gasteiger partial charge in [-0.3, -0.25) is 4.90 Å². The fourth-order valence-corrected chi connectivity index (χ4v) is 4.88. The molecule has 4 aromatic rings. The molecule has 0 bridgehead atoms. The van der Waals surface area contributed by atoms with E-state index in [0.717, 1.165) is 13.0 Å². The maximum Gasteiger partial charge on any atom is 0.115 e. The average Bonchev–Trinajstić information content (AvgIpc) is 3.32. The summed E-state index contributed by atoms with van der Waals surface area (Å²) in [4.78, 5) is 2.46. The summed E-state index contributed by atoms with van der Waals surface area (Å²) in [6.07, 6.45) is 0.889. The predicted octanol–water partition coefficient (Wildman–Crippen LogP) is 5.59. The molecule has 1 aliphatic rings. The van der Waals surface area contributed by atoms with E-state index in [1.165, 1.54) is 22.3 Å². The molecule has 0 spiro atoms. The van der Waals surface area contributed by atoms with Crippen molar-refractivity contribution in [2.24, 2.45) is 0 Å².